The molecule has 7 heteroatoms. The van der Waals surface area contributed by atoms with Gasteiger partial charge in [0.05, 0.1) is 4.92 Å². The number of non-ortho nitro benzene ring substituents is 1. The molecule has 0 atom stereocenters. The maximum Gasteiger partial charge on any atom is 0.269 e. The van der Waals surface area contributed by atoms with Crippen LogP contribution in [0, 0.1) is 15.9 Å². The number of nitro groups is 1. The molecule has 0 unspecified atom stereocenters. The van der Waals surface area contributed by atoms with Crippen molar-refractivity contribution in [3.05, 3.63) is 74.0 Å². The van der Waals surface area contributed by atoms with Gasteiger partial charge in [0.1, 0.15) is 5.82 Å². The van der Waals surface area contributed by atoms with Gasteiger partial charge in [-0.1, -0.05) is 28.1 Å². The fourth-order valence-corrected chi connectivity index (χ4v) is 2.36. The summed E-state index contributed by atoms with van der Waals surface area (Å²) in [5, 5.41) is 13.2. The third-order valence-corrected chi connectivity index (χ3v) is 3.43. The van der Waals surface area contributed by atoms with Crippen LogP contribution in [-0.2, 0) is 6.42 Å². The van der Waals surface area contributed by atoms with Crippen molar-refractivity contribution < 1.29 is 14.1 Å². The van der Waals surface area contributed by atoms with E-state index in [1.807, 2.05) is 0 Å². The molecule has 5 nitrogen and oxygen atoms in total. The minimum atomic E-state index is -0.491. The minimum Gasteiger partial charge on any atom is -0.352 e. The zero-order chi connectivity index (χ0) is 16.1. The summed E-state index contributed by atoms with van der Waals surface area (Å²) in [5.41, 5.74) is 1.12. The van der Waals surface area contributed by atoms with Gasteiger partial charge in [-0.2, -0.15) is 0 Å². The topological polar surface area (TPSA) is 72.2 Å². The highest BCUT2D eigenvalue weighted by molar-refractivity contribution is 9.10. The van der Waals surface area contributed by atoms with Crippen LogP contribution in [-0.4, -0.2) is 17.4 Å². The molecule has 22 heavy (non-hydrogen) atoms. The number of nitrogens with zero attached hydrogens (tertiary/aromatic N) is 1. The Hall–Kier alpha value is -2.28. The zero-order valence-electron chi connectivity index (χ0n) is 11.4. The lowest BCUT2D eigenvalue weighted by molar-refractivity contribution is -0.384. The molecule has 2 aromatic carbocycles. The van der Waals surface area contributed by atoms with Gasteiger partial charge in [0.2, 0.25) is 0 Å². The van der Waals surface area contributed by atoms with E-state index in [9.17, 15) is 19.3 Å². The average Bonchev–Trinajstić information content (AvgIpc) is 2.46. The first-order chi connectivity index (χ1) is 10.5. The number of halogens is 2. The first kappa shape index (κ1) is 16.1. The Morgan fingerprint density at radius 3 is 2.50 bits per heavy atom. The Bertz CT molecular complexity index is 684. The van der Waals surface area contributed by atoms with Crippen LogP contribution in [0.4, 0.5) is 10.1 Å². The third kappa shape index (κ3) is 4.36. The van der Waals surface area contributed by atoms with E-state index in [-0.39, 0.29) is 17.2 Å². The number of nitro benzene ring substituents is 1. The quantitative estimate of drug-likeness (QED) is 0.650. The SMILES string of the molecule is O=C(NCCc1ccc([N+](=O)[O-])cc1)c1cc(F)cc(Br)c1. The molecule has 114 valence electrons. The Morgan fingerprint density at radius 2 is 1.91 bits per heavy atom. The molecule has 0 saturated heterocycles. The summed E-state index contributed by atoms with van der Waals surface area (Å²) in [4.78, 5) is 22.0. The third-order valence-electron chi connectivity index (χ3n) is 2.97. The molecule has 1 N–H and O–H groups in total. The maximum absolute atomic E-state index is 13.2. The van der Waals surface area contributed by atoms with Crippen molar-refractivity contribution >= 4 is 27.5 Å². The van der Waals surface area contributed by atoms with Crippen LogP contribution in [0.3, 0.4) is 0 Å². The van der Waals surface area contributed by atoms with Gasteiger partial charge < -0.3 is 5.32 Å². The molecule has 0 aliphatic carbocycles. The van der Waals surface area contributed by atoms with E-state index >= 15 is 0 Å². The fraction of sp³-hybridized carbons (Fsp3) is 0.133. The molecule has 0 aliphatic rings. The van der Waals surface area contributed by atoms with Crippen molar-refractivity contribution in [3.63, 3.8) is 0 Å². The van der Waals surface area contributed by atoms with E-state index in [2.05, 4.69) is 21.2 Å². The number of rotatable bonds is 5. The number of amides is 1. The molecule has 1 amide bonds. The second kappa shape index (κ2) is 7.13. The zero-order valence-corrected chi connectivity index (χ0v) is 13.0. The molecule has 0 bridgehead atoms. The summed E-state index contributed by atoms with van der Waals surface area (Å²) in [6.07, 6.45) is 0.528. The molecule has 2 rings (SSSR count). The van der Waals surface area contributed by atoms with Crippen LogP contribution < -0.4 is 5.32 Å². The van der Waals surface area contributed by atoms with Gasteiger partial charge in [0, 0.05) is 28.7 Å². The number of carbonyl (C=O) groups excluding carboxylic acids is 1. The fourth-order valence-electron chi connectivity index (χ4n) is 1.89. The average molecular weight is 367 g/mol. The van der Waals surface area contributed by atoms with Gasteiger partial charge in [-0.05, 0) is 30.2 Å². The van der Waals surface area contributed by atoms with Gasteiger partial charge in [-0.15, -0.1) is 0 Å². The Morgan fingerprint density at radius 1 is 1.23 bits per heavy atom. The second-order valence-electron chi connectivity index (χ2n) is 4.59. The molecule has 0 heterocycles. The summed E-state index contributed by atoms with van der Waals surface area (Å²) in [5.74, 6) is -0.864. The van der Waals surface area contributed by atoms with Crippen molar-refractivity contribution in [2.45, 2.75) is 6.42 Å². The summed E-state index contributed by atoms with van der Waals surface area (Å²) < 4.78 is 13.7. The largest absolute Gasteiger partial charge is 0.352 e. The normalized spacial score (nSPS) is 10.3. The van der Waals surface area contributed by atoms with Crippen molar-refractivity contribution in [1.29, 1.82) is 0 Å². The lowest BCUT2D eigenvalue weighted by atomic mass is 10.1. The number of nitrogens with one attached hydrogen (secondary N) is 1. The molecule has 0 radical (unpaired) electrons. The van der Waals surface area contributed by atoms with Crippen molar-refractivity contribution in [2.75, 3.05) is 6.54 Å². The van der Waals surface area contributed by atoms with Crippen LogP contribution in [0.1, 0.15) is 15.9 Å². The number of hydrogen-bond donors (Lipinski definition) is 1. The highest BCUT2D eigenvalue weighted by atomic mass is 79.9. The molecular formula is C15H12BrFN2O3. The summed E-state index contributed by atoms with van der Waals surface area (Å²) in [7, 11) is 0. The van der Waals surface area contributed by atoms with Crippen LogP contribution in [0.2, 0.25) is 0 Å². The molecule has 0 fully saturated rings. The van der Waals surface area contributed by atoms with Crippen LogP contribution in [0.15, 0.2) is 46.9 Å². The van der Waals surface area contributed by atoms with Gasteiger partial charge in [0.25, 0.3) is 11.6 Å². The molecule has 0 saturated carbocycles. The Labute approximate surface area is 134 Å². The highest BCUT2D eigenvalue weighted by Crippen LogP contribution is 2.15. The van der Waals surface area contributed by atoms with Gasteiger partial charge in [0.15, 0.2) is 0 Å². The minimum absolute atomic E-state index is 0.0254. The van der Waals surface area contributed by atoms with Gasteiger partial charge in [-0.25, -0.2) is 4.39 Å². The van der Waals surface area contributed by atoms with Gasteiger partial charge >= 0.3 is 0 Å². The van der Waals surface area contributed by atoms with Gasteiger partial charge in [-0.3, -0.25) is 14.9 Å². The first-order valence-electron chi connectivity index (χ1n) is 6.43. The predicted octanol–water partition coefficient (Wildman–Crippen LogP) is 3.47. The van der Waals surface area contributed by atoms with E-state index in [0.29, 0.717) is 17.4 Å². The Balaban J connectivity index is 1.90. The summed E-state index contributed by atoms with van der Waals surface area (Å²) in [6.45, 7) is 0.352. The lowest BCUT2D eigenvalue weighted by Crippen LogP contribution is -2.25. The monoisotopic (exact) mass is 366 g/mol. The molecule has 2 aromatic rings. The van der Waals surface area contributed by atoms with E-state index in [0.717, 1.165) is 11.6 Å². The number of benzene rings is 2. The van der Waals surface area contributed by atoms with E-state index in [1.165, 1.54) is 24.3 Å². The number of hydrogen-bond acceptors (Lipinski definition) is 3. The lowest BCUT2D eigenvalue weighted by Gasteiger charge is -2.06. The van der Waals surface area contributed by atoms with Crippen molar-refractivity contribution in [1.82, 2.24) is 5.32 Å². The molecule has 0 aliphatic heterocycles. The van der Waals surface area contributed by atoms with Crippen molar-refractivity contribution in [2.24, 2.45) is 0 Å². The van der Waals surface area contributed by atoms with Crippen LogP contribution in [0.5, 0.6) is 0 Å². The molecule has 0 aromatic heterocycles. The van der Waals surface area contributed by atoms with E-state index in [4.69, 9.17) is 0 Å². The van der Waals surface area contributed by atoms with E-state index in [1.54, 1.807) is 12.1 Å². The number of carbonyl (C=O) groups is 1. The predicted molar refractivity (Wildman–Crippen MR) is 83.2 cm³/mol. The smallest absolute Gasteiger partial charge is 0.269 e. The summed E-state index contributed by atoms with van der Waals surface area (Å²) >= 11 is 3.13. The second-order valence-corrected chi connectivity index (χ2v) is 5.50. The van der Waals surface area contributed by atoms with Crippen LogP contribution >= 0.6 is 15.9 Å². The molecule has 0 spiro atoms. The van der Waals surface area contributed by atoms with Crippen molar-refractivity contribution in [3.8, 4) is 0 Å². The Kier molecular flexibility index (Phi) is 5.21. The molecular weight excluding hydrogens is 355 g/mol. The van der Waals surface area contributed by atoms with E-state index < -0.39 is 10.7 Å². The summed E-state index contributed by atoms with van der Waals surface area (Å²) in [6, 6.07) is 10.1. The maximum atomic E-state index is 13.2. The van der Waals surface area contributed by atoms with Crippen LogP contribution in [0.25, 0.3) is 0 Å². The highest BCUT2D eigenvalue weighted by Gasteiger charge is 2.08. The standard InChI is InChI=1S/C15H12BrFN2O3/c16-12-7-11(8-13(17)9-12)15(20)18-6-5-10-1-3-14(4-2-10)19(21)22/h1-4,7-9H,5-6H2,(H,18,20). The first-order valence-corrected chi connectivity index (χ1v) is 7.22.